The van der Waals surface area contributed by atoms with Gasteiger partial charge in [-0.3, -0.25) is 0 Å². The van der Waals surface area contributed by atoms with Gasteiger partial charge in [0.15, 0.2) is 11.5 Å². The zero-order chi connectivity index (χ0) is 11.1. The minimum atomic E-state index is -1.09. The number of ether oxygens (including phenoxy) is 1. The second kappa shape index (κ2) is 6.19. The fraction of sp³-hybridized carbons (Fsp3) is 0.600. The first-order chi connectivity index (χ1) is 7.24. The molecule has 0 aromatic carbocycles. The molecule has 0 amide bonds. The average Bonchev–Trinajstić information content (AvgIpc) is 2.66. The molecule has 0 aliphatic carbocycles. The van der Waals surface area contributed by atoms with Gasteiger partial charge >= 0.3 is 5.97 Å². The molecule has 5 heteroatoms. The van der Waals surface area contributed by atoms with Gasteiger partial charge in [0.05, 0.1) is 0 Å². The Balaban J connectivity index is 2.23. The number of hydrogen-bond donors (Lipinski definition) is 1. The normalized spacial score (nSPS) is 10.5. The highest BCUT2D eigenvalue weighted by Gasteiger charge is 2.10. The summed E-state index contributed by atoms with van der Waals surface area (Å²) < 4.78 is 10.1. The van der Waals surface area contributed by atoms with Gasteiger partial charge < -0.3 is 14.4 Å². The van der Waals surface area contributed by atoms with Crippen molar-refractivity contribution >= 4 is 5.97 Å². The topological polar surface area (TPSA) is 72.6 Å². The Morgan fingerprint density at radius 2 is 2.40 bits per heavy atom. The SMILES string of the molecule is CCCCCOCc1cc(C(=O)O)no1. The molecule has 0 spiro atoms. The number of carboxylic acid groups (broad SMARTS) is 1. The summed E-state index contributed by atoms with van der Waals surface area (Å²) in [4.78, 5) is 10.5. The lowest BCUT2D eigenvalue weighted by Gasteiger charge is -1.99. The number of aromatic nitrogens is 1. The quantitative estimate of drug-likeness (QED) is 0.702. The van der Waals surface area contributed by atoms with Gasteiger partial charge in [-0.1, -0.05) is 24.9 Å². The molecule has 84 valence electrons. The van der Waals surface area contributed by atoms with E-state index in [1.807, 2.05) is 0 Å². The van der Waals surface area contributed by atoms with Gasteiger partial charge in [-0.25, -0.2) is 4.79 Å². The van der Waals surface area contributed by atoms with Crippen molar-refractivity contribution in [1.82, 2.24) is 5.16 Å². The summed E-state index contributed by atoms with van der Waals surface area (Å²) >= 11 is 0. The molecule has 0 radical (unpaired) electrons. The van der Waals surface area contributed by atoms with Crippen LogP contribution in [0, 0.1) is 0 Å². The van der Waals surface area contributed by atoms with Crippen LogP contribution in [0.1, 0.15) is 42.4 Å². The van der Waals surface area contributed by atoms with Crippen LogP contribution in [0.25, 0.3) is 0 Å². The van der Waals surface area contributed by atoms with E-state index in [0.717, 1.165) is 19.3 Å². The highest BCUT2D eigenvalue weighted by Crippen LogP contribution is 2.05. The predicted octanol–water partition coefficient (Wildman–Crippen LogP) is 2.08. The number of hydrogen-bond acceptors (Lipinski definition) is 4. The van der Waals surface area contributed by atoms with Crippen LogP contribution in [0.2, 0.25) is 0 Å². The van der Waals surface area contributed by atoms with E-state index < -0.39 is 5.97 Å². The maximum absolute atomic E-state index is 10.5. The lowest BCUT2D eigenvalue weighted by atomic mass is 10.3. The Bertz CT molecular complexity index is 308. The number of unbranched alkanes of at least 4 members (excludes halogenated alkanes) is 2. The Kier molecular flexibility index (Phi) is 4.83. The summed E-state index contributed by atoms with van der Waals surface area (Å²) in [5.74, 6) is -0.639. The summed E-state index contributed by atoms with van der Waals surface area (Å²) in [6, 6.07) is 1.38. The number of carboxylic acids is 1. The van der Waals surface area contributed by atoms with E-state index in [1.165, 1.54) is 6.07 Å². The van der Waals surface area contributed by atoms with E-state index >= 15 is 0 Å². The van der Waals surface area contributed by atoms with Gasteiger partial charge in [0.25, 0.3) is 0 Å². The molecule has 0 aliphatic heterocycles. The average molecular weight is 213 g/mol. The molecule has 0 bridgehead atoms. The molecule has 1 N–H and O–H groups in total. The van der Waals surface area contributed by atoms with E-state index in [1.54, 1.807) is 0 Å². The molecule has 1 heterocycles. The van der Waals surface area contributed by atoms with Crippen LogP contribution in [-0.2, 0) is 11.3 Å². The maximum Gasteiger partial charge on any atom is 0.358 e. The Morgan fingerprint density at radius 1 is 1.60 bits per heavy atom. The van der Waals surface area contributed by atoms with Gasteiger partial charge in [-0.2, -0.15) is 0 Å². The van der Waals surface area contributed by atoms with Gasteiger partial charge in [0.1, 0.15) is 6.61 Å². The molecule has 1 aromatic rings. The summed E-state index contributed by atoms with van der Waals surface area (Å²) in [5, 5.41) is 12.0. The van der Waals surface area contributed by atoms with Crippen LogP contribution in [0.4, 0.5) is 0 Å². The third-order valence-corrected chi connectivity index (χ3v) is 1.91. The first-order valence-corrected chi connectivity index (χ1v) is 5.00. The smallest absolute Gasteiger partial charge is 0.358 e. The van der Waals surface area contributed by atoms with Crippen molar-refractivity contribution in [3.8, 4) is 0 Å². The van der Waals surface area contributed by atoms with Gasteiger partial charge in [0, 0.05) is 12.7 Å². The summed E-state index contributed by atoms with van der Waals surface area (Å²) in [5.41, 5.74) is -0.0813. The Hall–Kier alpha value is -1.36. The van der Waals surface area contributed by atoms with Crippen molar-refractivity contribution in [1.29, 1.82) is 0 Å². The van der Waals surface area contributed by atoms with Gasteiger partial charge in [0.2, 0.25) is 0 Å². The fourth-order valence-electron chi connectivity index (χ4n) is 1.11. The molecular weight excluding hydrogens is 198 g/mol. The first-order valence-electron chi connectivity index (χ1n) is 5.00. The molecule has 1 rings (SSSR count). The van der Waals surface area contributed by atoms with Crippen LogP contribution < -0.4 is 0 Å². The zero-order valence-electron chi connectivity index (χ0n) is 8.73. The van der Waals surface area contributed by atoms with Gasteiger partial charge in [-0.15, -0.1) is 0 Å². The number of rotatable bonds is 7. The van der Waals surface area contributed by atoms with E-state index in [4.69, 9.17) is 14.4 Å². The largest absolute Gasteiger partial charge is 0.476 e. The Labute approximate surface area is 88.0 Å². The van der Waals surface area contributed by atoms with Crippen molar-refractivity contribution in [3.63, 3.8) is 0 Å². The van der Waals surface area contributed by atoms with Crippen molar-refractivity contribution < 1.29 is 19.2 Å². The molecular formula is C10H15NO4. The van der Waals surface area contributed by atoms with Crippen molar-refractivity contribution in [2.24, 2.45) is 0 Å². The summed E-state index contributed by atoms with van der Waals surface area (Å²) in [6.45, 7) is 3.07. The molecule has 15 heavy (non-hydrogen) atoms. The predicted molar refractivity (Wildman–Crippen MR) is 52.6 cm³/mol. The van der Waals surface area contributed by atoms with Crippen LogP contribution in [0.5, 0.6) is 0 Å². The van der Waals surface area contributed by atoms with Crippen LogP contribution in [0.3, 0.4) is 0 Å². The number of carbonyl (C=O) groups is 1. The molecule has 0 atom stereocenters. The fourth-order valence-corrected chi connectivity index (χ4v) is 1.11. The minimum Gasteiger partial charge on any atom is -0.476 e. The lowest BCUT2D eigenvalue weighted by Crippen LogP contribution is -1.96. The molecule has 1 aromatic heterocycles. The van der Waals surface area contributed by atoms with E-state index in [0.29, 0.717) is 12.4 Å². The first kappa shape index (κ1) is 11.7. The highest BCUT2D eigenvalue weighted by atomic mass is 16.5. The standard InChI is InChI=1S/C10H15NO4/c1-2-3-4-5-14-7-8-6-9(10(12)13)11-15-8/h6H,2-5,7H2,1H3,(H,12,13). The molecule has 0 saturated heterocycles. The maximum atomic E-state index is 10.5. The second-order valence-corrected chi connectivity index (χ2v) is 3.24. The summed E-state index contributed by atoms with van der Waals surface area (Å²) in [6.07, 6.45) is 3.29. The molecule has 5 nitrogen and oxygen atoms in total. The number of aromatic carboxylic acids is 1. The van der Waals surface area contributed by atoms with Crippen LogP contribution >= 0.6 is 0 Å². The second-order valence-electron chi connectivity index (χ2n) is 3.24. The number of nitrogens with zero attached hydrogens (tertiary/aromatic N) is 1. The minimum absolute atomic E-state index is 0.0813. The molecule has 0 unspecified atom stereocenters. The van der Waals surface area contributed by atoms with Gasteiger partial charge in [-0.05, 0) is 6.42 Å². The molecule has 0 aliphatic rings. The lowest BCUT2D eigenvalue weighted by molar-refractivity contribution is 0.0684. The zero-order valence-corrected chi connectivity index (χ0v) is 8.73. The van der Waals surface area contributed by atoms with E-state index in [-0.39, 0.29) is 12.3 Å². The summed E-state index contributed by atoms with van der Waals surface area (Å²) in [7, 11) is 0. The molecule has 0 fully saturated rings. The Morgan fingerprint density at radius 3 is 3.00 bits per heavy atom. The van der Waals surface area contributed by atoms with Crippen LogP contribution in [-0.4, -0.2) is 22.8 Å². The van der Waals surface area contributed by atoms with Crippen molar-refractivity contribution in [2.75, 3.05) is 6.61 Å². The highest BCUT2D eigenvalue weighted by molar-refractivity contribution is 5.85. The third-order valence-electron chi connectivity index (χ3n) is 1.91. The van der Waals surface area contributed by atoms with E-state index in [9.17, 15) is 4.79 Å². The van der Waals surface area contributed by atoms with Crippen molar-refractivity contribution in [3.05, 3.63) is 17.5 Å². The monoisotopic (exact) mass is 213 g/mol. The molecule has 0 saturated carbocycles. The third kappa shape index (κ3) is 4.12. The van der Waals surface area contributed by atoms with E-state index in [2.05, 4.69) is 12.1 Å². The van der Waals surface area contributed by atoms with Crippen molar-refractivity contribution in [2.45, 2.75) is 32.8 Å². The van der Waals surface area contributed by atoms with Crippen LogP contribution in [0.15, 0.2) is 10.6 Å².